The highest BCUT2D eigenvalue weighted by Crippen LogP contribution is 2.40. The quantitative estimate of drug-likeness (QED) is 0.564. The van der Waals surface area contributed by atoms with E-state index < -0.39 is 0 Å². The van der Waals surface area contributed by atoms with Crippen molar-refractivity contribution in [3.8, 4) is 11.5 Å². The van der Waals surface area contributed by atoms with E-state index in [2.05, 4.69) is 6.07 Å². The molecule has 2 aliphatic heterocycles. The summed E-state index contributed by atoms with van der Waals surface area (Å²) in [6.07, 6.45) is 5.29. The van der Waals surface area contributed by atoms with Crippen LogP contribution in [0.2, 0.25) is 5.02 Å². The van der Waals surface area contributed by atoms with Crippen molar-refractivity contribution in [3.63, 3.8) is 0 Å². The number of para-hydroxylation sites is 1. The Morgan fingerprint density at radius 3 is 3.07 bits per heavy atom. The molecule has 1 amide bonds. The van der Waals surface area contributed by atoms with Gasteiger partial charge in [0, 0.05) is 12.6 Å². The van der Waals surface area contributed by atoms with E-state index in [1.54, 1.807) is 29.6 Å². The van der Waals surface area contributed by atoms with E-state index in [0.717, 1.165) is 40.2 Å². The number of fused-ring (bicyclic) bond motifs is 2. The zero-order chi connectivity index (χ0) is 19.1. The fourth-order valence-electron chi connectivity index (χ4n) is 3.67. The van der Waals surface area contributed by atoms with E-state index in [0.29, 0.717) is 16.5 Å². The van der Waals surface area contributed by atoms with E-state index >= 15 is 0 Å². The van der Waals surface area contributed by atoms with E-state index in [1.165, 1.54) is 0 Å². The van der Waals surface area contributed by atoms with Crippen molar-refractivity contribution < 1.29 is 14.3 Å². The zero-order valence-electron chi connectivity index (χ0n) is 14.9. The summed E-state index contributed by atoms with van der Waals surface area (Å²) in [5, 5.41) is 1.49. The fraction of sp³-hybridized carbons (Fsp3) is 0.238. The number of halogens is 1. The van der Waals surface area contributed by atoms with Crippen LogP contribution in [0, 0.1) is 0 Å². The normalized spacial score (nSPS) is 18.5. The van der Waals surface area contributed by atoms with Gasteiger partial charge in [-0.2, -0.15) is 0 Å². The third-order valence-electron chi connectivity index (χ3n) is 5.00. The van der Waals surface area contributed by atoms with Gasteiger partial charge in [-0.1, -0.05) is 23.7 Å². The van der Waals surface area contributed by atoms with E-state index in [4.69, 9.17) is 26.1 Å². The smallest absolute Gasteiger partial charge is 0.247 e. The lowest BCUT2D eigenvalue weighted by molar-refractivity contribution is -0.126. The maximum absolute atomic E-state index is 12.9. The molecule has 2 aliphatic rings. The largest absolute Gasteiger partial charge is 0.454 e. The lowest BCUT2D eigenvalue weighted by Crippen LogP contribution is -2.28. The molecule has 0 N–H and O–H groups in total. The second-order valence-corrected chi connectivity index (χ2v) is 8.25. The SMILES string of the molecule is O=C(/C=C/c1cc(Cl)c2c(c1)OCO2)N1CCC[C@@H]1c1nc2ccccc2s1. The van der Waals surface area contributed by atoms with E-state index in [9.17, 15) is 4.79 Å². The molecule has 5 nitrogen and oxygen atoms in total. The number of hydrogen-bond acceptors (Lipinski definition) is 5. The molecule has 1 aromatic heterocycles. The van der Waals surface area contributed by atoms with E-state index in [1.807, 2.05) is 29.2 Å². The Morgan fingerprint density at radius 1 is 1.29 bits per heavy atom. The highest BCUT2D eigenvalue weighted by atomic mass is 35.5. The number of benzene rings is 2. The van der Waals surface area contributed by atoms with Crippen LogP contribution in [0.15, 0.2) is 42.5 Å². The fourth-order valence-corrected chi connectivity index (χ4v) is 5.06. The Hall–Kier alpha value is -2.57. The molecule has 1 atom stereocenters. The minimum Gasteiger partial charge on any atom is -0.454 e. The molecule has 1 fully saturated rings. The van der Waals surface area contributed by atoms with Crippen LogP contribution in [0.3, 0.4) is 0 Å². The molecule has 0 spiro atoms. The van der Waals surface area contributed by atoms with Crippen LogP contribution >= 0.6 is 22.9 Å². The summed E-state index contributed by atoms with van der Waals surface area (Å²) in [5.74, 6) is 1.14. The number of nitrogens with zero attached hydrogens (tertiary/aromatic N) is 2. The number of carbonyl (C=O) groups is 1. The second kappa shape index (κ2) is 7.11. The Balaban J connectivity index is 1.37. The third-order valence-corrected chi connectivity index (χ3v) is 6.42. The molecule has 3 aromatic rings. The van der Waals surface area contributed by atoms with Gasteiger partial charge in [-0.15, -0.1) is 11.3 Å². The monoisotopic (exact) mass is 412 g/mol. The first-order valence-electron chi connectivity index (χ1n) is 9.12. The van der Waals surface area contributed by atoms with Gasteiger partial charge in [-0.05, 0) is 48.7 Å². The number of likely N-dealkylation sites (tertiary alicyclic amines) is 1. The minimum absolute atomic E-state index is 0.0180. The molecule has 5 rings (SSSR count). The molecule has 7 heteroatoms. The topological polar surface area (TPSA) is 51.7 Å². The lowest BCUT2D eigenvalue weighted by Gasteiger charge is -2.21. The Morgan fingerprint density at radius 2 is 2.18 bits per heavy atom. The van der Waals surface area contributed by atoms with Gasteiger partial charge in [-0.25, -0.2) is 4.98 Å². The maximum Gasteiger partial charge on any atom is 0.247 e. The first-order valence-corrected chi connectivity index (χ1v) is 10.3. The molecular weight excluding hydrogens is 396 g/mol. The standard InChI is InChI=1S/C21H17ClN2O3S/c22-14-10-13(11-17-20(14)27-12-26-17)7-8-19(25)24-9-3-5-16(24)21-23-15-4-1-2-6-18(15)28-21/h1-2,4,6-8,10-11,16H,3,5,9,12H2/b8-7+/t16-/m1/s1. The Bertz CT molecular complexity index is 1060. The van der Waals surface area contributed by atoms with Crippen LogP contribution in [0.25, 0.3) is 16.3 Å². The van der Waals surface area contributed by atoms with Crippen molar-refractivity contribution in [1.29, 1.82) is 0 Å². The third kappa shape index (κ3) is 3.12. The van der Waals surface area contributed by atoms with Crippen molar-refractivity contribution >= 4 is 45.1 Å². The maximum atomic E-state index is 12.9. The predicted molar refractivity (Wildman–Crippen MR) is 110 cm³/mol. The van der Waals surface area contributed by atoms with Gasteiger partial charge in [0.2, 0.25) is 12.7 Å². The van der Waals surface area contributed by atoms with Crippen molar-refractivity contribution in [2.75, 3.05) is 13.3 Å². The van der Waals surface area contributed by atoms with Gasteiger partial charge in [0.15, 0.2) is 11.5 Å². The number of ether oxygens (including phenoxy) is 2. The number of aromatic nitrogens is 1. The molecule has 142 valence electrons. The summed E-state index contributed by atoms with van der Waals surface area (Å²) in [4.78, 5) is 19.5. The Labute approximate surface area is 171 Å². The summed E-state index contributed by atoms with van der Waals surface area (Å²) < 4.78 is 11.9. The molecule has 0 aliphatic carbocycles. The van der Waals surface area contributed by atoms with Crippen LogP contribution < -0.4 is 9.47 Å². The summed E-state index contributed by atoms with van der Waals surface area (Å²) in [6, 6.07) is 11.7. The summed E-state index contributed by atoms with van der Waals surface area (Å²) in [7, 11) is 0. The molecule has 3 heterocycles. The van der Waals surface area contributed by atoms with Crippen LogP contribution in [-0.2, 0) is 4.79 Å². The number of hydrogen-bond donors (Lipinski definition) is 0. The summed E-state index contributed by atoms with van der Waals surface area (Å²) in [6.45, 7) is 0.907. The van der Waals surface area contributed by atoms with Crippen molar-refractivity contribution in [2.24, 2.45) is 0 Å². The predicted octanol–water partition coefficient (Wildman–Crippen LogP) is 5.06. The minimum atomic E-state index is -0.0180. The number of rotatable bonds is 3. The summed E-state index contributed by atoms with van der Waals surface area (Å²) >= 11 is 7.89. The zero-order valence-corrected chi connectivity index (χ0v) is 16.5. The highest BCUT2D eigenvalue weighted by Gasteiger charge is 2.31. The van der Waals surface area contributed by atoms with Crippen LogP contribution in [0.5, 0.6) is 11.5 Å². The molecule has 0 radical (unpaired) electrons. The van der Waals surface area contributed by atoms with Crippen molar-refractivity contribution in [2.45, 2.75) is 18.9 Å². The number of thiazole rings is 1. The first kappa shape index (κ1) is 17.5. The van der Waals surface area contributed by atoms with Crippen LogP contribution in [0.4, 0.5) is 0 Å². The van der Waals surface area contributed by atoms with Crippen LogP contribution in [0.1, 0.15) is 29.5 Å². The van der Waals surface area contributed by atoms with Gasteiger partial charge in [0.25, 0.3) is 0 Å². The average Bonchev–Trinajstić information content (AvgIpc) is 3.43. The van der Waals surface area contributed by atoms with Gasteiger partial charge in [0.05, 0.1) is 21.3 Å². The highest BCUT2D eigenvalue weighted by molar-refractivity contribution is 7.18. The first-order chi connectivity index (χ1) is 13.7. The van der Waals surface area contributed by atoms with Gasteiger partial charge in [-0.3, -0.25) is 4.79 Å². The molecule has 0 unspecified atom stereocenters. The van der Waals surface area contributed by atoms with Crippen molar-refractivity contribution in [1.82, 2.24) is 9.88 Å². The molecule has 0 bridgehead atoms. The van der Waals surface area contributed by atoms with Gasteiger partial charge < -0.3 is 14.4 Å². The van der Waals surface area contributed by atoms with Gasteiger partial charge in [0.1, 0.15) is 5.01 Å². The summed E-state index contributed by atoms with van der Waals surface area (Å²) in [5.41, 5.74) is 1.80. The molecule has 0 saturated carbocycles. The molecule has 28 heavy (non-hydrogen) atoms. The van der Waals surface area contributed by atoms with Crippen molar-refractivity contribution in [3.05, 3.63) is 58.1 Å². The molecule has 2 aromatic carbocycles. The molecule has 1 saturated heterocycles. The van der Waals surface area contributed by atoms with Crippen LogP contribution in [-0.4, -0.2) is 29.1 Å². The van der Waals surface area contributed by atoms with E-state index in [-0.39, 0.29) is 18.7 Å². The molecular formula is C21H17ClN2O3S. The lowest BCUT2D eigenvalue weighted by atomic mass is 10.2. The number of amides is 1. The average molecular weight is 413 g/mol. The second-order valence-electron chi connectivity index (χ2n) is 6.78. The van der Waals surface area contributed by atoms with Gasteiger partial charge >= 0.3 is 0 Å². The Kier molecular flexibility index (Phi) is 4.45. The number of carbonyl (C=O) groups excluding carboxylic acids is 1.